The van der Waals surface area contributed by atoms with Crippen LogP contribution in [0.2, 0.25) is 0 Å². The highest BCUT2D eigenvalue weighted by Gasteiger charge is 2.27. The van der Waals surface area contributed by atoms with Crippen LogP contribution in [0.15, 0.2) is 0 Å². The lowest BCUT2D eigenvalue weighted by molar-refractivity contribution is -0.135. The molecule has 76 valence electrons. The molecule has 6 nitrogen and oxygen atoms in total. The summed E-state index contributed by atoms with van der Waals surface area (Å²) in [7, 11) is 0. The Hall–Kier alpha value is -0.980. The number of aliphatic hydroxyl groups excluding tert-OH is 3. The predicted octanol–water partition coefficient (Wildman–Crippen LogP) is -2.60. The molecule has 6 heteroatoms. The molecule has 0 unspecified atom stereocenters. The molecular weight excluding hydrogens is 178 g/mol. The lowest BCUT2D eigenvalue weighted by Crippen LogP contribution is -2.49. The maximum absolute atomic E-state index is 11.1. The van der Waals surface area contributed by atoms with Crippen LogP contribution in [0.3, 0.4) is 0 Å². The van der Waals surface area contributed by atoms with Gasteiger partial charge in [-0.05, 0) is 6.92 Å². The van der Waals surface area contributed by atoms with Crippen molar-refractivity contribution in [2.75, 3.05) is 6.61 Å². The molecular formula is C7H13NO5. The quantitative estimate of drug-likeness (QED) is 0.344. The lowest BCUT2D eigenvalue weighted by atomic mass is 10.0. The second kappa shape index (κ2) is 5.63. The molecule has 0 saturated carbocycles. The molecule has 0 aliphatic carbocycles. The summed E-state index contributed by atoms with van der Waals surface area (Å²) in [5.41, 5.74) is 0. The average molecular weight is 191 g/mol. The predicted molar refractivity (Wildman–Crippen MR) is 42.8 cm³/mol. The molecule has 4 N–H and O–H groups in total. The number of ketones is 1. The first-order valence-corrected chi connectivity index (χ1v) is 3.75. The minimum Gasteiger partial charge on any atom is -0.393 e. The average Bonchev–Trinajstić information content (AvgIpc) is 2.11. The van der Waals surface area contributed by atoms with E-state index in [0.717, 1.165) is 0 Å². The standard InChI is InChI=1S/C7H13NO5/c1-4(11)6(8-3-10)7(13)5(12)2-9/h3-6,9,11-12H,2H2,1H3,(H,8,10)/t4-,5+,6-/m1/s1. The number of carbonyl (C=O) groups excluding carboxylic acids is 2. The fourth-order valence-electron chi connectivity index (χ4n) is 0.830. The number of carbonyl (C=O) groups is 2. The Kier molecular flexibility index (Phi) is 5.20. The van der Waals surface area contributed by atoms with Crippen LogP contribution in [0.4, 0.5) is 0 Å². The highest BCUT2D eigenvalue weighted by Crippen LogP contribution is 1.98. The van der Waals surface area contributed by atoms with Gasteiger partial charge in [0.15, 0.2) is 5.78 Å². The van der Waals surface area contributed by atoms with Crippen molar-refractivity contribution < 1.29 is 24.9 Å². The summed E-state index contributed by atoms with van der Waals surface area (Å²) >= 11 is 0. The van der Waals surface area contributed by atoms with E-state index >= 15 is 0 Å². The van der Waals surface area contributed by atoms with Crippen molar-refractivity contribution in [3.05, 3.63) is 0 Å². The maximum atomic E-state index is 11.1. The molecule has 0 bridgehead atoms. The highest BCUT2D eigenvalue weighted by molar-refractivity contribution is 5.90. The summed E-state index contributed by atoms with van der Waals surface area (Å²) in [6.07, 6.45) is -2.44. The molecule has 0 aromatic carbocycles. The summed E-state index contributed by atoms with van der Waals surface area (Å²) in [5, 5.41) is 28.4. The first-order valence-electron chi connectivity index (χ1n) is 3.75. The molecule has 0 spiro atoms. The molecule has 0 saturated heterocycles. The topological polar surface area (TPSA) is 107 Å². The summed E-state index contributed by atoms with van der Waals surface area (Å²) in [6.45, 7) is 0.561. The first-order chi connectivity index (χ1) is 6.04. The van der Waals surface area contributed by atoms with Gasteiger partial charge in [-0.3, -0.25) is 9.59 Å². The van der Waals surface area contributed by atoms with Crippen molar-refractivity contribution in [3.63, 3.8) is 0 Å². The molecule has 3 atom stereocenters. The monoisotopic (exact) mass is 191 g/mol. The Morgan fingerprint density at radius 3 is 2.38 bits per heavy atom. The first kappa shape index (κ1) is 12.0. The molecule has 0 radical (unpaired) electrons. The van der Waals surface area contributed by atoms with Crippen LogP contribution in [0, 0.1) is 0 Å². The Balaban J connectivity index is 4.35. The SMILES string of the molecule is C[C@@H](O)[C@@H](NC=O)C(=O)[C@@H](O)CO. The molecule has 0 aromatic rings. The van der Waals surface area contributed by atoms with Crippen molar-refractivity contribution >= 4 is 12.2 Å². The van der Waals surface area contributed by atoms with Gasteiger partial charge in [-0.2, -0.15) is 0 Å². The minimum atomic E-state index is -1.58. The van der Waals surface area contributed by atoms with Crippen LogP contribution in [0.25, 0.3) is 0 Å². The fraction of sp³-hybridized carbons (Fsp3) is 0.714. The summed E-state index contributed by atoms with van der Waals surface area (Å²) < 4.78 is 0. The van der Waals surface area contributed by atoms with Gasteiger partial charge in [0.25, 0.3) is 0 Å². The maximum Gasteiger partial charge on any atom is 0.207 e. The largest absolute Gasteiger partial charge is 0.393 e. The summed E-state index contributed by atoms with van der Waals surface area (Å²) in [4.78, 5) is 21.1. The number of amides is 1. The van der Waals surface area contributed by atoms with Crippen molar-refractivity contribution in [1.82, 2.24) is 5.32 Å². The van der Waals surface area contributed by atoms with Crippen LogP contribution in [0.1, 0.15) is 6.92 Å². The Bertz CT molecular complexity index is 182. The highest BCUT2D eigenvalue weighted by atomic mass is 16.3. The van der Waals surface area contributed by atoms with Crippen LogP contribution in [-0.2, 0) is 9.59 Å². The van der Waals surface area contributed by atoms with Gasteiger partial charge in [0.1, 0.15) is 12.1 Å². The molecule has 0 rings (SSSR count). The zero-order chi connectivity index (χ0) is 10.4. The van der Waals surface area contributed by atoms with Gasteiger partial charge in [-0.1, -0.05) is 0 Å². The van der Waals surface area contributed by atoms with Crippen molar-refractivity contribution in [2.24, 2.45) is 0 Å². The third-order valence-corrected chi connectivity index (χ3v) is 1.54. The van der Waals surface area contributed by atoms with Crippen LogP contribution in [0.5, 0.6) is 0 Å². The van der Waals surface area contributed by atoms with E-state index in [2.05, 4.69) is 0 Å². The molecule has 13 heavy (non-hydrogen) atoms. The van der Waals surface area contributed by atoms with E-state index in [1.54, 1.807) is 0 Å². The number of aliphatic hydroxyl groups is 3. The fourth-order valence-corrected chi connectivity index (χ4v) is 0.830. The summed E-state index contributed by atoms with van der Waals surface area (Å²) in [6, 6.07) is -1.18. The van der Waals surface area contributed by atoms with E-state index in [1.807, 2.05) is 5.32 Å². The minimum absolute atomic E-state index is 0.249. The van der Waals surface area contributed by atoms with Crippen molar-refractivity contribution in [2.45, 2.75) is 25.2 Å². The van der Waals surface area contributed by atoms with Crippen LogP contribution < -0.4 is 5.32 Å². The molecule has 0 aromatic heterocycles. The van der Waals surface area contributed by atoms with Crippen LogP contribution in [-0.4, -0.2) is 52.4 Å². The van der Waals surface area contributed by atoms with E-state index in [-0.39, 0.29) is 6.41 Å². The second-order valence-electron chi connectivity index (χ2n) is 2.60. The number of hydrogen-bond donors (Lipinski definition) is 4. The van der Waals surface area contributed by atoms with Crippen molar-refractivity contribution in [3.8, 4) is 0 Å². The third kappa shape index (κ3) is 3.49. The molecule has 1 amide bonds. The van der Waals surface area contributed by atoms with Gasteiger partial charge in [-0.25, -0.2) is 0 Å². The number of Topliss-reactive ketones (excluding diaryl/α,β-unsaturated/α-hetero) is 1. The summed E-state index contributed by atoms with van der Waals surface area (Å²) in [5.74, 6) is -0.815. The van der Waals surface area contributed by atoms with Gasteiger partial charge in [0.2, 0.25) is 6.41 Å². The molecule has 0 fully saturated rings. The molecule has 0 heterocycles. The second-order valence-corrected chi connectivity index (χ2v) is 2.60. The van der Waals surface area contributed by atoms with Gasteiger partial charge < -0.3 is 20.6 Å². The number of hydrogen-bond acceptors (Lipinski definition) is 5. The smallest absolute Gasteiger partial charge is 0.207 e. The van der Waals surface area contributed by atoms with Gasteiger partial charge in [0.05, 0.1) is 12.7 Å². The number of rotatable bonds is 6. The van der Waals surface area contributed by atoms with Gasteiger partial charge in [-0.15, -0.1) is 0 Å². The Morgan fingerprint density at radius 1 is 1.54 bits per heavy atom. The normalized spacial score (nSPS) is 17.2. The van der Waals surface area contributed by atoms with Crippen molar-refractivity contribution in [1.29, 1.82) is 0 Å². The Labute approximate surface area is 75.2 Å². The van der Waals surface area contributed by atoms with Gasteiger partial charge >= 0.3 is 0 Å². The molecule has 0 aliphatic heterocycles. The van der Waals surface area contributed by atoms with Crippen LogP contribution >= 0.6 is 0 Å². The lowest BCUT2D eigenvalue weighted by Gasteiger charge is -2.19. The van der Waals surface area contributed by atoms with E-state index in [0.29, 0.717) is 0 Å². The van der Waals surface area contributed by atoms with Gasteiger partial charge in [0, 0.05) is 0 Å². The third-order valence-electron chi connectivity index (χ3n) is 1.54. The molecule has 0 aliphatic rings. The van der Waals surface area contributed by atoms with E-state index in [1.165, 1.54) is 6.92 Å². The number of nitrogens with one attached hydrogen (secondary N) is 1. The Morgan fingerprint density at radius 2 is 2.08 bits per heavy atom. The zero-order valence-corrected chi connectivity index (χ0v) is 7.17. The zero-order valence-electron chi connectivity index (χ0n) is 7.17. The van der Waals surface area contributed by atoms with E-state index in [9.17, 15) is 9.59 Å². The van der Waals surface area contributed by atoms with E-state index < -0.39 is 30.6 Å². The van der Waals surface area contributed by atoms with E-state index in [4.69, 9.17) is 15.3 Å².